The maximum absolute atomic E-state index is 11.9. The van der Waals surface area contributed by atoms with E-state index in [0.717, 1.165) is 0 Å². The summed E-state index contributed by atoms with van der Waals surface area (Å²) in [7, 11) is 0. The monoisotopic (exact) mass is 238 g/mol. The van der Waals surface area contributed by atoms with E-state index >= 15 is 0 Å². The van der Waals surface area contributed by atoms with Crippen LogP contribution in [0.2, 0.25) is 0 Å². The van der Waals surface area contributed by atoms with Crippen LogP contribution < -0.4 is 10.9 Å². The van der Waals surface area contributed by atoms with E-state index in [1.165, 1.54) is 6.20 Å². The van der Waals surface area contributed by atoms with Crippen LogP contribution in [0.25, 0.3) is 0 Å². The summed E-state index contributed by atoms with van der Waals surface area (Å²) >= 11 is 0. The van der Waals surface area contributed by atoms with Gasteiger partial charge in [0, 0.05) is 18.8 Å². The third-order valence-electron chi connectivity index (χ3n) is 2.57. The normalized spacial score (nSPS) is 12.2. The molecule has 0 bridgehead atoms. The van der Waals surface area contributed by atoms with E-state index in [1.807, 2.05) is 6.92 Å². The molecule has 0 aromatic carbocycles. The summed E-state index contributed by atoms with van der Waals surface area (Å²) in [6.07, 6.45) is 2.83. The van der Waals surface area contributed by atoms with Gasteiger partial charge in [-0.1, -0.05) is 0 Å². The molecule has 0 aliphatic heterocycles. The first-order valence-electron chi connectivity index (χ1n) is 5.66. The molecular formula is C12H18N2O3. The molecule has 0 spiro atoms. The number of aryl methyl sites for hydroxylation is 1. The van der Waals surface area contributed by atoms with Gasteiger partial charge >= 0.3 is 0 Å². The minimum atomic E-state index is -0.378. The molecule has 1 aromatic rings. The van der Waals surface area contributed by atoms with Crippen LogP contribution in [0.15, 0.2) is 17.1 Å². The number of nitrogens with one attached hydrogen (secondary N) is 2. The third kappa shape index (κ3) is 3.71. The van der Waals surface area contributed by atoms with Gasteiger partial charge in [0.05, 0.1) is 0 Å². The van der Waals surface area contributed by atoms with Crippen LogP contribution in [0.3, 0.4) is 0 Å². The average molecular weight is 238 g/mol. The molecule has 0 aliphatic carbocycles. The summed E-state index contributed by atoms with van der Waals surface area (Å²) in [6.45, 7) is 3.67. The zero-order valence-electron chi connectivity index (χ0n) is 10.1. The lowest BCUT2D eigenvalue weighted by Crippen LogP contribution is -2.36. The smallest absolute Gasteiger partial charge is 0.261 e. The summed E-state index contributed by atoms with van der Waals surface area (Å²) in [5, 5.41) is 11.4. The SMILES string of the molecule is Cc1cc[nH]c(=O)c1C(=O)NC(C)CCCO. The van der Waals surface area contributed by atoms with Crippen molar-refractivity contribution in [2.24, 2.45) is 0 Å². The first-order chi connectivity index (χ1) is 8.06. The van der Waals surface area contributed by atoms with Gasteiger partial charge < -0.3 is 15.4 Å². The van der Waals surface area contributed by atoms with Crippen molar-refractivity contribution in [1.29, 1.82) is 0 Å². The molecule has 1 heterocycles. The molecule has 1 aromatic heterocycles. The van der Waals surface area contributed by atoms with Crippen LogP contribution in [0.5, 0.6) is 0 Å². The molecule has 0 aliphatic rings. The largest absolute Gasteiger partial charge is 0.396 e. The second-order valence-electron chi connectivity index (χ2n) is 4.11. The Bertz CT molecular complexity index is 440. The number of aromatic amines is 1. The quantitative estimate of drug-likeness (QED) is 0.701. The van der Waals surface area contributed by atoms with Crippen LogP contribution in [0.4, 0.5) is 0 Å². The van der Waals surface area contributed by atoms with E-state index < -0.39 is 0 Å². The lowest BCUT2D eigenvalue weighted by Gasteiger charge is -2.13. The first kappa shape index (κ1) is 13.4. The minimum absolute atomic E-state index is 0.0614. The van der Waals surface area contributed by atoms with Gasteiger partial charge in [-0.15, -0.1) is 0 Å². The summed E-state index contributed by atoms with van der Waals surface area (Å²) in [4.78, 5) is 25.9. The maximum atomic E-state index is 11.9. The number of carbonyl (C=O) groups is 1. The fraction of sp³-hybridized carbons (Fsp3) is 0.500. The highest BCUT2D eigenvalue weighted by molar-refractivity contribution is 5.95. The Morgan fingerprint density at radius 1 is 1.59 bits per heavy atom. The molecule has 5 heteroatoms. The molecule has 1 amide bonds. The molecule has 0 radical (unpaired) electrons. The number of carbonyl (C=O) groups excluding carboxylic acids is 1. The predicted octanol–water partition coefficient (Wildman–Crippen LogP) is 0.574. The van der Waals surface area contributed by atoms with E-state index in [4.69, 9.17) is 5.11 Å². The third-order valence-corrected chi connectivity index (χ3v) is 2.57. The Balaban J connectivity index is 2.73. The molecule has 0 fully saturated rings. The lowest BCUT2D eigenvalue weighted by molar-refractivity contribution is 0.0934. The standard InChI is InChI=1S/C12H18N2O3/c1-8-5-6-13-11(16)10(8)12(17)14-9(2)4-3-7-15/h5-6,9,15H,3-4,7H2,1-2H3,(H,13,16)(H,14,17). The molecule has 3 N–H and O–H groups in total. The number of hydrogen-bond acceptors (Lipinski definition) is 3. The van der Waals surface area contributed by atoms with Gasteiger partial charge in [0.15, 0.2) is 0 Å². The molecule has 94 valence electrons. The average Bonchev–Trinajstić information content (AvgIpc) is 2.26. The highest BCUT2D eigenvalue weighted by Gasteiger charge is 2.15. The lowest BCUT2D eigenvalue weighted by atomic mass is 10.1. The molecule has 1 unspecified atom stereocenters. The highest BCUT2D eigenvalue weighted by atomic mass is 16.3. The molecule has 1 atom stereocenters. The van der Waals surface area contributed by atoms with Gasteiger partial charge in [0.25, 0.3) is 11.5 Å². The van der Waals surface area contributed by atoms with Crippen molar-refractivity contribution in [3.05, 3.63) is 33.7 Å². The number of pyridine rings is 1. The highest BCUT2D eigenvalue weighted by Crippen LogP contribution is 2.02. The molecule has 0 saturated heterocycles. The Morgan fingerprint density at radius 3 is 2.88 bits per heavy atom. The van der Waals surface area contributed by atoms with Crippen LogP contribution in [-0.4, -0.2) is 28.6 Å². The minimum Gasteiger partial charge on any atom is -0.396 e. The number of rotatable bonds is 5. The van der Waals surface area contributed by atoms with Crippen LogP contribution in [0.1, 0.15) is 35.7 Å². The van der Waals surface area contributed by atoms with Crippen molar-refractivity contribution in [2.75, 3.05) is 6.61 Å². The van der Waals surface area contributed by atoms with Gasteiger partial charge in [-0.3, -0.25) is 9.59 Å². The van der Waals surface area contributed by atoms with Gasteiger partial charge in [-0.2, -0.15) is 0 Å². The molecule has 0 saturated carbocycles. The van der Waals surface area contributed by atoms with E-state index in [-0.39, 0.29) is 29.7 Å². The van der Waals surface area contributed by atoms with E-state index in [1.54, 1.807) is 13.0 Å². The second kappa shape index (κ2) is 6.20. The van der Waals surface area contributed by atoms with Gasteiger partial charge in [0.1, 0.15) is 5.56 Å². The fourth-order valence-electron chi connectivity index (χ4n) is 1.62. The van der Waals surface area contributed by atoms with Crippen LogP contribution in [0, 0.1) is 6.92 Å². The molecule has 1 rings (SSSR count). The van der Waals surface area contributed by atoms with Crippen molar-refractivity contribution >= 4 is 5.91 Å². The fourth-order valence-corrected chi connectivity index (χ4v) is 1.62. The Kier molecular flexibility index (Phi) is 4.90. The van der Waals surface area contributed by atoms with Gasteiger partial charge in [0.2, 0.25) is 0 Å². The Hall–Kier alpha value is -1.62. The number of H-pyrrole nitrogens is 1. The predicted molar refractivity (Wildman–Crippen MR) is 65.0 cm³/mol. The van der Waals surface area contributed by atoms with Crippen molar-refractivity contribution < 1.29 is 9.90 Å². The van der Waals surface area contributed by atoms with Crippen molar-refractivity contribution in [2.45, 2.75) is 32.7 Å². The van der Waals surface area contributed by atoms with E-state index in [2.05, 4.69) is 10.3 Å². The van der Waals surface area contributed by atoms with Crippen LogP contribution >= 0.6 is 0 Å². The van der Waals surface area contributed by atoms with Crippen molar-refractivity contribution in [3.8, 4) is 0 Å². The van der Waals surface area contributed by atoms with E-state index in [0.29, 0.717) is 18.4 Å². The molecule has 5 nitrogen and oxygen atoms in total. The molecule has 17 heavy (non-hydrogen) atoms. The topological polar surface area (TPSA) is 82.2 Å². The second-order valence-corrected chi connectivity index (χ2v) is 4.11. The maximum Gasteiger partial charge on any atom is 0.261 e. The number of aromatic nitrogens is 1. The summed E-state index contributed by atoms with van der Waals surface area (Å²) < 4.78 is 0. The zero-order chi connectivity index (χ0) is 12.8. The van der Waals surface area contributed by atoms with Crippen molar-refractivity contribution in [1.82, 2.24) is 10.3 Å². The van der Waals surface area contributed by atoms with Crippen LogP contribution in [-0.2, 0) is 0 Å². The Labute approximate surface area is 99.9 Å². The number of aliphatic hydroxyl groups is 1. The number of amides is 1. The van der Waals surface area contributed by atoms with Gasteiger partial charge in [-0.05, 0) is 38.3 Å². The molecular weight excluding hydrogens is 220 g/mol. The van der Waals surface area contributed by atoms with Gasteiger partial charge in [-0.25, -0.2) is 0 Å². The first-order valence-corrected chi connectivity index (χ1v) is 5.66. The Morgan fingerprint density at radius 2 is 2.29 bits per heavy atom. The summed E-state index contributed by atoms with van der Waals surface area (Å²) in [5.41, 5.74) is 0.431. The number of hydrogen-bond donors (Lipinski definition) is 3. The zero-order valence-corrected chi connectivity index (χ0v) is 10.1. The van der Waals surface area contributed by atoms with Crippen molar-refractivity contribution in [3.63, 3.8) is 0 Å². The number of aliphatic hydroxyl groups excluding tert-OH is 1. The van der Waals surface area contributed by atoms with E-state index in [9.17, 15) is 9.59 Å². The summed E-state index contributed by atoms with van der Waals surface area (Å²) in [6, 6.07) is 1.63. The summed E-state index contributed by atoms with van der Waals surface area (Å²) in [5.74, 6) is -0.366.